The molecule has 19 heavy (non-hydrogen) atoms. The largest absolute Gasteiger partial charge is 0.396 e. The first-order valence-corrected chi connectivity index (χ1v) is 6.44. The van der Waals surface area contributed by atoms with Crippen LogP contribution in [0.2, 0.25) is 0 Å². The second-order valence-corrected chi connectivity index (χ2v) is 5.00. The standard InChI is InChI=1S/C14H19FN2O2/c1-10-9-16(2)13(7-8-18)14(19)17(10)12-5-3-11(15)4-6-12/h3-6,10,13,18H,7-9H2,1-2H3. The van der Waals surface area contributed by atoms with E-state index in [1.54, 1.807) is 17.0 Å². The summed E-state index contributed by atoms with van der Waals surface area (Å²) in [7, 11) is 1.89. The molecule has 0 saturated carbocycles. The Morgan fingerprint density at radius 3 is 2.58 bits per heavy atom. The van der Waals surface area contributed by atoms with Crippen molar-refractivity contribution in [1.82, 2.24) is 4.90 Å². The molecular weight excluding hydrogens is 247 g/mol. The van der Waals surface area contributed by atoms with Gasteiger partial charge in [-0.3, -0.25) is 9.69 Å². The molecule has 2 atom stereocenters. The van der Waals surface area contributed by atoms with Crippen molar-refractivity contribution in [3.8, 4) is 0 Å². The first-order valence-electron chi connectivity index (χ1n) is 6.44. The third-order valence-corrected chi connectivity index (χ3v) is 3.55. The maximum absolute atomic E-state index is 13.0. The van der Waals surface area contributed by atoms with Crippen molar-refractivity contribution in [2.24, 2.45) is 0 Å². The highest BCUT2D eigenvalue weighted by atomic mass is 19.1. The molecule has 1 aromatic carbocycles. The molecular formula is C14H19FN2O2. The summed E-state index contributed by atoms with van der Waals surface area (Å²) in [5, 5.41) is 9.07. The molecule has 1 heterocycles. The van der Waals surface area contributed by atoms with Crippen molar-refractivity contribution in [1.29, 1.82) is 0 Å². The number of hydrogen-bond acceptors (Lipinski definition) is 3. The van der Waals surface area contributed by atoms with Gasteiger partial charge in [0.25, 0.3) is 0 Å². The van der Waals surface area contributed by atoms with Crippen LogP contribution < -0.4 is 4.90 Å². The summed E-state index contributed by atoms with van der Waals surface area (Å²) >= 11 is 0. The van der Waals surface area contributed by atoms with Crippen LogP contribution in [0.15, 0.2) is 24.3 Å². The Bertz CT molecular complexity index is 449. The number of nitrogens with zero attached hydrogens (tertiary/aromatic N) is 2. The second kappa shape index (κ2) is 5.67. The summed E-state index contributed by atoms with van der Waals surface area (Å²) in [5.41, 5.74) is 0.704. The Balaban J connectivity index is 2.27. The highest BCUT2D eigenvalue weighted by molar-refractivity contribution is 5.98. The summed E-state index contributed by atoms with van der Waals surface area (Å²) in [6, 6.07) is 5.66. The number of amides is 1. The van der Waals surface area contributed by atoms with Crippen molar-refractivity contribution in [2.45, 2.75) is 25.4 Å². The number of hydrogen-bond donors (Lipinski definition) is 1. The summed E-state index contributed by atoms with van der Waals surface area (Å²) in [5.74, 6) is -0.355. The minimum Gasteiger partial charge on any atom is -0.396 e. The maximum atomic E-state index is 13.0. The molecule has 1 fully saturated rings. The first-order chi connectivity index (χ1) is 9.04. The van der Waals surface area contributed by atoms with E-state index in [0.29, 0.717) is 12.1 Å². The van der Waals surface area contributed by atoms with E-state index in [1.165, 1.54) is 12.1 Å². The quantitative estimate of drug-likeness (QED) is 0.895. The van der Waals surface area contributed by atoms with E-state index in [4.69, 9.17) is 5.11 Å². The van der Waals surface area contributed by atoms with Crippen LogP contribution in [0, 0.1) is 5.82 Å². The van der Waals surface area contributed by atoms with E-state index in [9.17, 15) is 9.18 Å². The van der Waals surface area contributed by atoms with Gasteiger partial charge in [-0.05, 0) is 44.7 Å². The van der Waals surface area contributed by atoms with E-state index in [-0.39, 0.29) is 30.4 Å². The van der Waals surface area contributed by atoms with Crippen LogP contribution >= 0.6 is 0 Å². The molecule has 0 bridgehead atoms. The summed E-state index contributed by atoms with van der Waals surface area (Å²) in [6.07, 6.45) is 0.416. The number of aliphatic hydroxyl groups excluding tert-OH is 1. The van der Waals surface area contributed by atoms with Crippen LogP contribution in [-0.2, 0) is 4.79 Å². The van der Waals surface area contributed by atoms with Crippen LogP contribution in [-0.4, -0.2) is 48.2 Å². The van der Waals surface area contributed by atoms with Crippen molar-refractivity contribution in [3.63, 3.8) is 0 Å². The van der Waals surface area contributed by atoms with E-state index in [1.807, 2.05) is 18.9 Å². The molecule has 2 rings (SSSR count). The van der Waals surface area contributed by atoms with Gasteiger partial charge in [0.05, 0.1) is 6.04 Å². The smallest absolute Gasteiger partial charge is 0.244 e. The third-order valence-electron chi connectivity index (χ3n) is 3.55. The third kappa shape index (κ3) is 2.77. The monoisotopic (exact) mass is 266 g/mol. The van der Waals surface area contributed by atoms with Gasteiger partial charge in [0.1, 0.15) is 5.82 Å². The molecule has 0 spiro atoms. The van der Waals surface area contributed by atoms with Gasteiger partial charge in [0.15, 0.2) is 0 Å². The Hall–Kier alpha value is -1.46. The van der Waals surface area contributed by atoms with Crippen molar-refractivity contribution < 1.29 is 14.3 Å². The normalized spacial score (nSPS) is 24.8. The minimum absolute atomic E-state index is 0.0214. The SMILES string of the molecule is CC1CN(C)C(CCO)C(=O)N1c1ccc(F)cc1. The molecule has 1 aromatic rings. The lowest BCUT2D eigenvalue weighted by molar-refractivity contribution is -0.126. The predicted octanol–water partition coefficient (Wildman–Crippen LogP) is 1.24. The van der Waals surface area contributed by atoms with Gasteiger partial charge in [0.2, 0.25) is 5.91 Å². The van der Waals surface area contributed by atoms with Gasteiger partial charge in [-0.1, -0.05) is 0 Å². The number of likely N-dealkylation sites (N-methyl/N-ethyl adjacent to an activating group) is 1. The number of anilines is 1. The van der Waals surface area contributed by atoms with Gasteiger partial charge in [-0.2, -0.15) is 0 Å². The molecule has 1 aliphatic rings. The number of benzene rings is 1. The number of piperazine rings is 1. The number of carbonyl (C=O) groups excluding carboxylic acids is 1. The fourth-order valence-corrected chi connectivity index (χ4v) is 2.64. The van der Waals surface area contributed by atoms with Gasteiger partial charge in [-0.15, -0.1) is 0 Å². The molecule has 104 valence electrons. The Morgan fingerprint density at radius 2 is 2.00 bits per heavy atom. The predicted molar refractivity (Wildman–Crippen MR) is 71.5 cm³/mol. The van der Waals surface area contributed by atoms with Crippen LogP contribution in [0.4, 0.5) is 10.1 Å². The van der Waals surface area contributed by atoms with Gasteiger partial charge in [0, 0.05) is 24.9 Å². The van der Waals surface area contributed by atoms with Crippen molar-refractivity contribution >= 4 is 11.6 Å². The van der Waals surface area contributed by atoms with Crippen molar-refractivity contribution in [3.05, 3.63) is 30.1 Å². The molecule has 5 heteroatoms. The fourth-order valence-electron chi connectivity index (χ4n) is 2.64. The highest BCUT2D eigenvalue weighted by Crippen LogP contribution is 2.25. The fraction of sp³-hybridized carbons (Fsp3) is 0.500. The lowest BCUT2D eigenvalue weighted by Gasteiger charge is -2.43. The first kappa shape index (κ1) is 14.0. The Kier molecular flexibility index (Phi) is 4.17. The molecule has 0 radical (unpaired) electrons. The maximum Gasteiger partial charge on any atom is 0.244 e. The molecule has 1 N–H and O–H groups in total. The summed E-state index contributed by atoms with van der Waals surface area (Å²) < 4.78 is 13.0. The molecule has 1 aliphatic heterocycles. The number of halogens is 1. The lowest BCUT2D eigenvalue weighted by Crippen LogP contribution is -2.60. The molecule has 1 saturated heterocycles. The Morgan fingerprint density at radius 1 is 1.37 bits per heavy atom. The van der Waals surface area contributed by atoms with E-state index in [0.717, 1.165) is 6.54 Å². The molecule has 0 aromatic heterocycles. The van der Waals surface area contributed by atoms with Gasteiger partial charge in [-0.25, -0.2) is 4.39 Å². The summed E-state index contributed by atoms with van der Waals surface area (Å²) in [6.45, 7) is 2.67. The van der Waals surface area contributed by atoms with Crippen LogP contribution in [0.3, 0.4) is 0 Å². The zero-order chi connectivity index (χ0) is 14.0. The number of rotatable bonds is 3. The highest BCUT2D eigenvalue weighted by Gasteiger charge is 2.36. The number of carbonyl (C=O) groups is 1. The Labute approximate surface area is 112 Å². The zero-order valence-electron chi connectivity index (χ0n) is 11.2. The van der Waals surface area contributed by atoms with Crippen LogP contribution in [0.5, 0.6) is 0 Å². The van der Waals surface area contributed by atoms with Crippen LogP contribution in [0.25, 0.3) is 0 Å². The number of aliphatic hydroxyl groups is 1. The molecule has 2 unspecified atom stereocenters. The van der Waals surface area contributed by atoms with Crippen LogP contribution in [0.1, 0.15) is 13.3 Å². The minimum atomic E-state index is -0.315. The van der Waals surface area contributed by atoms with E-state index in [2.05, 4.69) is 0 Å². The average Bonchev–Trinajstić information content (AvgIpc) is 2.36. The van der Waals surface area contributed by atoms with E-state index < -0.39 is 0 Å². The molecule has 0 aliphatic carbocycles. The lowest BCUT2D eigenvalue weighted by atomic mass is 10.0. The van der Waals surface area contributed by atoms with Gasteiger partial charge >= 0.3 is 0 Å². The summed E-state index contributed by atoms with van der Waals surface area (Å²) in [4.78, 5) is 16.2. The topological polar surface area (TPSA) is 43.8 Å². The van der Waals surface area contributed by atoms with Crippen molar-refractivity contribution in [2.75, 3.05) is 25.1 Å². The van der Waals surface area contributed by atoms with Gasteiger partial charge < -0.3 is 10.0 Å². The van der Waals surface area contributed by atoms with E-state index >= 15 is 0 Å². The molecule has 1 amide bonds. The average molecular weight is 266 g/mol. The second-order valence-electron chi connectivity index (χ2n) is 5.00. The molecule has 4 nitrogen and oxygen atoms in total. The zero-order valence-corrected chi connectivity index (χ0v) is 11.2.